The Bertz CT molecular complexity index is 874. The van der Waals surface area contributed by atoms with Gasteiger partial charge in [-0.05, 0) is 56.2 Å². The molecule has 0 bridgehead atoms. The zero-order valence-corrected chi connectivity index (χ0v) is 17.5. The van der Waals surface area contributed by atoms with Gasteiger partial charge in [-0.15, -0.1) is 0 Å². The molecule has 2 rings (SSSR count). The van der Waals surface area contributed by atoms with Crippen molar-refractivity contribution in [2.75, 3.05) is 12.9 Å². The molecule has 0 aromatic heterocycles. The van der Waals surface area contributed by atoms with Gasteiger partial charge in [0, 0.05) is 12.6 Å². The lowest BCUT2D eigenvalue weighted by Gasteiger charge is -2.27. The lowest BCUT2D eigenvalue weighted by molar-refractivity contribution is -0.132. The predicted molar refractivity (Wildman–Crippen MR) is 109 cm³/mol. The number of carbonyl (C=O) groups is 1. The molecule has 0 atom stereocenters. The largest absolute Gasteiger partial charge is 0.497 e. The van der Waals surface area contributed by atoms with Crippen molar-refractivity contribution in [2.45, 2.75) is 39.8 Å². The summed E-state index contributed by atoms with van der Waals surface area (Å²) in [5, 5.41) is 0. The van der Waals surface area contributed by atoms with Gasteiger partial charge in [0.15, 0.2) is 0 Å². The highest BCUT2D eigenvalue weighted by Crippen LogP contribution is 2.18. The SMILES string of the molecule is CCS(=O)(=O)Oc1ccc(CN(C(=O)Cc2ccc(OC)cc2)C(C)C)cc1. The van der Waals surface area contributed by atoms with Crippen molar-refractivity contribution in [2.24, 2.45) is 0 Å². The Morgan fingerprint density at radius 2 is 1.50 bits per heavy atom. The number of carbonyl (C=O) groups excluding carboxylic acids is 1. The van der Waals surface area contributed by atoms with Crippen LogP contribution in [0.3, 0.4) is 0 Å². The molecule has 0 unspecified atom stereocenters. The number of amides is 1. The zero-order chi connectivity index (χ0) is 20.7. The minimum Gasteiger partial charge on any atom is -0.497 e. The molecular weight excluding hydrogens is 378 g/mol. The van der Waals surface area contributed by atoms with Gasteiger partial charge in [-0.25, -0.2) is 0 Å². The first kappa shape index (κ1) is 21.8. The smallest absolute Gasteiger partial charge is 0.308 e. The van der Waals surface area contributed by atoms with Crippen LogP contribution in [-0.2, 0) is 27.9 Å². The summed E-state index contributed by atoms with van der Waals surface area (Å²) in [6.45, 7) is 5.90. The number of rotatable bonds is 9. The maximum atomic E-state index is 12.8. The number of benzene rings is 2. The molecule has 0 heterocycles. The topological polar surface area (TPSA) is 72.9 Å². The fraction of sp³-hybridized carbons (Fsp3) is 0.381. The Kier molecular flexibility index (Phi) is 7.45. The second-order valence-corrected chi connectivity index (χ2v) is 8.57. The van der Waals surface area contributed by atoms with Crippen molar-refractivity contribution in [1.29, 1.82) is 0 Å². The molecule has 0 aliphatic carbocycles. The minimum absolute atomic E-state index is 0.0223. The van der Waals surface area contributed by atoms with Gasteiger partial charge in [0.25, 0.3) is 0 Å². The summed E-state index contributed by atoms with van der Waals surface area (Å²) in [5.74, 6) is 0.958. The predicted octanol–water partition coefficient (Wildman–Crippen LogP) is 3.40. The van der Waals surface area contributed by atoms with Crippen LogP contribution in [0.2, 0.25) is 0 Å². The second-order valence-electron chi connectivity index (χ2n) is 6.71. The molecule has 0 saturated heterocycles. The quantitative estimate of drug-likeness (QED) is 0.598. The number of ether oxygens (including phenoxy) is 1. The third-order valence-corrected chi connectivity index (χ3v) is 5.46. The van der Waals surface area contributed by atoms with E-state index in [9.17, 15) is 13.2 Å². The molecule has 0 aliphatic heterocycles. The molecule has 0 fully saturated rings. The van der Waals surface area contributed by atoms with Crippen LogP contribution >= 0.6 is 0 Å². The van der Waals surface area contributed by atoms with Crippen LogP contribution in [-0.4, -0.2) is 38.1 Å². The van der Waals surface area contributed by atoms with Gasteiger partial charge in [0.05, 0.1) is 19.3 Å². The fourth-order valence-electron chi connectivity index (χ4n) is 2.63. The van der Waals surface area contributed by atoms with Crippen molar-refractivity contribution in [3.05, 3.63) is 59.7 Å². The third kappa shape index (κ3) is 6.27. The van der Waals surface area contributed by atoms with Gasteiger partial charge in [0.2, 0.25) is 5.91 Å². The Labute approximate surface area is 167 Å². The van der Waals surface area contributed by atoms with Gasteiger partial charge in [0.1, 0.15) is 11.5 Å². The highest BCUT2D eigenvalue weighted by atomic mass is 32.2. The van der Waals surface area contributed by atoms with E-state index in [-0.39, 0.29) is 23.5 Å². The molecule has 0 aliphatic rings. The van der Waals surface area contributed by atoms with Crippen LogP contribution in [0.4, 0.5) is 0 Å². The second kappa shape index (κ2) is 9.59. The molecule has 0 N–H and O–H groups in total. The summed E-state index contributed by atoms with van der Waals surface area (Å²) >= 11 is 0. The molecule has 0 radical (unpaired) electrons. The Morgan fingerprint density at radius 1 is 0.964 bits per heavy atom. The van der Waals surface area contributed by atoms with E-state index in [1.54, 1.807) is 36.3 Å². The average molecular weight is 406 g/mol. The lowest BCUT2D eigenvalue weighted by Crippen LogP contribution is -2.37. The maximum Gasteiger partial charge on any atom is 0.308 e. The summed E-state index contributed by atoms with van der Waals surface area (Å²) in [4.78, 5) is 14.6. The van der Waals surface area contributed by atoms with Gasteiger partial charge < -0.3 is 13.8 Å². The van der Waals surface area contributed by atoms with E-state index in [0.29, 0.717) is 13.0 Å². The van der Waals surface area contributed by atoms with E-state index in [0.717, 1.165) is 16.9 Å². The molecular formula is C21H27NO5S. The van der Waals surface area contributed by atoms with Crippen molar-refractivity contribution in [3.63, 3.8) is 0 Å². The van der Waals surface area contributed by atoms with Crippen LogP contribution in [0.1, 0.15) is 31.9 Å². The van der Waals surface area contributed by atoms with Crippen LogP contribution in [0, 0.1) is 0 Å². The average Bonchev–Trinajstić information content (AvgIpc) is 2.67. The van der Waals surface area contributed by atoms with E-state index >= 15 is 0 Å². The Hall–Kier alpha value is -2.54. The number of hydrogen-bond acceptors (Lipinski definition) is 5. The highest BCUT2D eigenvalue weighted by Gasteiger charge is 2.18. The maximum absolute atomic E-state index is 12.8. The number of nitrogens with zero attached hydrogens (tertiary/aromatic N) is 1. The van der Waals surface area contributed by atoms with Crippen LogP contribution < -0.4 is 8.92 Å². The first-order valence-electron chi connectivity index (χ1n) is 9.17. The fourth-order valence-corrected chi connectivity index (χ4v) is 3.15. The first-order chi connectivity index (χ1) is 13.2. The summed E-state index contributed by atoms with van der Waals surface area (Å²) in [6, 6.07) is 14.2. The molecule has 28 heavy (non-hydrogen) atoms. The molecule has 1 amide bonds. The van der Waals surface area contributed by atoms with Gasteiger partial charge in [-0.1, -0.05) is 24.3 Å². The van der Waals surface area contributed by atoms with Gasteiger partial charge in [-0.2, -0.15) is 8.42 Å². The Balaban J connectivity index is 2.06. The summed E-state index contributed by atoms with van der Waals surface area (Å²) in [5.41, 5.74) is 1.82. The first-order valence-corrected chi connectivity index (χ1v) is 10.7. The van der Waals surface area contributed by atoms with Crippen molar-refractivity contribution >= 4 is 16.0 Å². The van der Waals surface area contributed by atoms with Crippen LogP contribution in [0.25, 0.3) is 0 Å². The summed E-state index contributed by atoms with van der Waals surface area (Å²) in [6.07, 6.45) is 0.304. The zero-order valence-electron chi connectivity index (χ0n) is 16.7. The van der Waals surface area contributed by atoms with Crippen LogP contribution in [0.5, 0.6) is 11.5 Å². The van der Waals surface area contributed by atoms with Crippen molar-refractivity contribution < 1.29 is 22.1 Å². The van der Waals surface area contributed by atoms with Crippen LogP contribution in [0.15, 0.2) is 48.5 Å². The molecule has 7 heteroatoms. The van der Waals surface area contributed by atoms with Crippen molar-refractivity contribution in [3.8, 4) is 11.5 Å². The molecule has 6 nitrogen and oxygen atoms in total. The third-order valence-electron chi connectivity index (χ3n) is 4.31. The van der Waals surface area contributed by atoms with Gasteiger partial charge in [-0.3, -0.25) is 4.79 Å². The standard InChI is InChI=1S/C21H27NO5S/c1-5-28(24,25)27-20-12-8-18(9-13-20)15-22(16(2)3)21(23)14-17-6-10-19(26-4)11-7-17/h6-13,16H,5,14-15H2,1-4H3. The molecule has 0 spiro atoms. The molecule has 2 aromatic rings. The van der Waals surface area contributed by atoms with Crippen molar-refractivity contribution in [1.82, 2.24) is 4.90 Å². The van der Waals surface area contributed by atoms with Gasteiger partial charge >= 0.3 is 10.1 Å². The normalized spacial score (nSPS) is 11.3. The minimum atomic E-state index is -3.55. The summed E-state index contributed by atoms with van der Waals surface area (Å²) < 4.78 is 33.2. The molecule has 2 aromatic carbocycles. The van der Waals surface area contributed by atoms with E-state index in [2.05, 4.69) is 0 Å². The summed E-state index contributed by atoms with van der Waals surface area (Å²) in [7, 11) is -1.94. The van der Waals surface area contributed by atoms with E-state index in [1.165, 1.54) is 6.92 Å². The lowest BCUT2D eigenvalue weighted by atomic mass is 10.1. The highest BCUT2D eigenvalue weighted by molar-refractivity contribution is 7.87. The number of methoxy groups -OCH3 is 1. The van der Waals surface area contributed by atoms with E-state index in [1.807, 2.05) is 38.1 Å². The number of hydrogen-bond donors (Lipinski definition) is 0. The molecule has 0 saturated carbocycles. The monoisotopic (exact) mass is 405 g/mol. The van der Waals surface area contributed by atoms with E-state index < -0.39 is 10.1 Å². The van der Waals surface area contributed by atoms with E-state index in [4.69, 9.17) is 8.92 Å². The molecule has 152 valence electrons. The Morgan fingerprint density at radius 3 is 2.00 bits per heavy atom.